The first-order valence-electron chi connectivity index (χ1n) is 6.87. The minimum Gasteiger partial charge on any atom is -0.496 e. The minimum atomic E-state index is 0.376. The fourth-order valence-corrected chi connectivity index (χ4v) is 2.70. The monoisotopic (exact) mass is 264 g/mol. The molecule has 0 saturated carbocycles. The molecule has 1 fully saturated rings. The average Bonchev–Trinajstić information content (AvgIpc) is 2.47. The summed E-state index contributed by atoms with van der Waals surface area (Å²) in [5.41, 5.74) is 8.12. The predicted octanol–water partition coefficient (Wildman–Crippen LogP) is 1.76. The smallest absolute Gasteiger partial charge is 0.123 e. The minimum absolute atomic E-state index is 0.376. The van der Waals surface area contributed by atoms with Crippen LogP contribution in [0, 0.1) is 0 Å². The molecule has 1 aliphatic rings. The van der Waals surface area contributed by atoms with E-state index in [1.165, 1.54) is 18.4 Å². The fraction of sp³-hybridized carbons (Fsp3) is 0.600. The highest BCUT2D eigenvalue weighted by Gasteiger charge is 2.19. The maximum atomic E-state index is 5.76. The molecule has 0 aromatic heterocycles. The Morgan fingerprint density at radius 1 is 1.37 bits per heavy atom. The van der Waals surface area contributed by atoms with Crippen molar-refractivity contribution < 1.29 is 9.47 Å². The van der Waals surface area contributed by atoms with Crippen molar-refractivity contribution in [2.75, 3.05) is 27.3 Å². The molecule has 1 aromatic rings. The van der Waals surface area contributed by atoms with Crippen LogP contribution in [0.3, 0.4) is 0 Å². The normalized spacial score (nSPS) is 20.5. The molecule has 0 spiro atoms. The molecule has 1 aromatic carbocycles. The van der Waals surface area contributed by atoms with E-state index >= 15 is 0 Å². The number of benzene rings is 1. The summed E-state index contributed by atoms with van der Waals surface area (Å²) in [7, 11) is 3.48. The van der Waals surface area contributed by atoms with Crippen molar-refractivity contribution in [2.24, 2.45) is 5.73 Å². The summed E-state index contributed by atoms with van der Waals surface area (Å²) < 4.78 is 10.8. The molecule has 0 radical (unpaired) electrons. The molecule has 1 saturated heterocycles. The summed E-state index contributed by atoms with van der Waals surface area (Å²) >= 11 is 0. The molecular formula is C15H24N2O2. The van der Waals surface area contributed by atoms with Crippen molar-refractivity contribution in [3.63, 3.8) is 0 Å². The zero-order chi connectivity index (χ0) is 13.7. The van der Waals surface area contributed by atoms with Gasteiger partial charge in [-0.25, -0.2) is 0 Å². The summed E-state index contributed by atoms with van der Waals surface area (Å²) in [4.78, 5) is 2.44. The van der Waals surface area contributed by atoms with Crippen molar-refractivity contribution in [1.29, 1.82) is 0 Å². The molecule has 4 heteroatoms. The highest BCUT2D eigenvalue weighted by Crippen LogP contribution is 2.21. The van der Waals surface area contributed by atoms with Gasteiger partial charge in [-0.05, 0) is 37.1 Å². The second kappa shape index (κ2) is 6.89. The SMILES string of the molecule is COc1ccc(CN2CCCC(OC)C2)cc1CN. The number of hydrogen-bond donors (Lipinski definition) is 1. The molecule has 1 unspecified atom stereocenters. The largest absolute Gasteiger partial charge is 0.496 e. The molecule has 4 nitrogen and oxygen atoms in total. The zero-order valence-corrected chi connectivity index (χ0v) is 11.9. The Morgan fingerprint density at radius 3 is 2.89 bits per heavy atom. The first-order chi connectivity index (χ1) is 9.26. The third-order valence-corrected chi connectivity index (χ3v) is 3.77. The maximum absolute atomic E-state index is 5.76. The van der Waals surface area contributed by atoms with Gasteiger partial charge in [0.25, 0.3) is 0 Å². The van der Waals surface area contributed by atoms with Crippen LogP contribution in [0.5, 0.6) is 5.75 Å². The highest BCUT2D eigenvalue weighted by molar-refractivity contribution is 5.37. The number of piperidine rings is 1. The lowest BCUT2D eigenvalue weighted by Gasteiger charge is -2.32. The quantitative estimate of drug-likeness (QED) is 0.880. The summed E-state index contributed by atoms with van der Waals surface area (Å²) in [6.45, 7) is 3.62. The van der Waals surface area contributed by atoms with Gasteiger partial charge in [-0.3, -0.25) is 4.90 Å². The molecule has 1 aliphatic heterocycles. The molecular weight excluding hydrogens is 240 g/mol. The lowest BCUT2D eigenvalue weighted by atomic mass is 10.1. The molecule has 1 atom stereocenters. The Labute approximate surface area is 115 Å². The number of nitrogens with two attached hydrogens (primary N) is 1. The molecule has 19 heavy (non-hydrogen) atoms. The Hall–Kier alpha value is -1.10. The second-order valence-corrected chi connectivity index (χ2v) is 5.09. The van der Waals surface area contributed by atoms with Crippen LogP contribution in [0.2, 0.25) is 0 Å². The van der Waals surface area contributed by atoms with Crippen LogP contribution in [0.15, 0.2) is 18.2 Å². The highest BCUT2D eigenvalue weighted by atomic mass is 16.5. The maximum Gasteiger partial charge on any atom is 0.123 e. The summed E-state index contributed by atoms with van der Waals surface area (Å²) in [5.74, 6) is 0.875. The van der Waals surface area contributed by atoms with Crippen molar-refractivity contribution in [3.8, 4) is 5.75 Å². The fourth-order valence-electron chi connectivity index (χ4n) is 2.70. The van der Waals surface area contributed by atoms with E-state index in [1.54, 1.807) is 14.2 Å². The van der Waals surface area contributed by atoms with E-state index in [4.69, 9.17) is 15.2 Å². The molecule has 0 aliphatic carbocycles. The molecule has 0 bridgehead atoms. The Balaban J connectivity index is 2.02. The van der Waals surface area contributed by atoms with Gasteiger partial charge >= 0.3 is 0 Å². The summed E-state index contributed by atoms with van der Waals surface area (Å²) in [6, 6.07) is 6.28. The van der Waals surface area contributed by atoms with E-state index in [1.807, 2.05) is 6.07 Å². The van der Waals surface area contributed by atoms with Crippen LogP contribution < -0.4 is 10.5 Å². The van der Waals surface area contributed by atoms with Gasteiger partial charge in [-0.15, -0.1) is 0 Å². The van der Waals surface area contributed by atoms with E-state index in [9.17, 15) is 0 Å². The van der Waals surface area contributed by atoms with Crippen LogP contribution in [0.1, 0.15) is 24.0 Å². The van der Waals surface area contributed by atoms with Crippen molar-refractivity contribution >= 4 is 0 Å². The molecule has 0 amide bonds. The van der Waals surface area contributed by atoms with Crippen LogP contribution in [-0.2, 0) is 17.8 Å². The van der Waals surface area contributed by atoms with Crippen molar-refractivity contribution in [3.05, 3.63) is 29.3 Å². The van der Waals surface area contributed by atoms with E-state index in [2.05, 4.69) is 17.0 Å². The predicted molar refractivity (Wildman–Crippen MR) is 76.2 cm³/mol. The van der Waals surface area contributed by atoms with E-state index in [0.717, 1.165) is 30.9 Å². The number of hydrogen-bond acceptors (Lipinski definition) is 4. The molecule has 106 valence electrons. The molecule has 1 heterocycles. The van der Waals surface area contributed by atoms with Gasteiger partial charge in [0.1, 0.15) is 5.75 Å². The molecule has 2 rings (SSSR count). The number of rotatable bonds is 5. The second-order valence-electron chi connectivity index (χ2n) is 5.09. The third-order valence-electron chi connectivity index (χ3n) is 3.77. The Kier molecular flexibility index (Phi) is 5.19. The average molecular weight is 264 g/mol. The van der Waals surface area contributed by atoms with E-state index < -0.39 is 0 Å². The first-order valence-corrected chi connectivity index (χ1v) is 6.87. The van der Waals surface area contributed by atoms with Crippen LogP contribution >= 0.6 is 0 Å². The van der Waals surface area contributed by atoms with Gasteiger partial charge < -0.3 is 15.2 Å². The van der Waals surface area contributed by atoms with Crippen LogP contribution in [0.25, 0.3) is 0 Å². The summed E-state index contributed by atoms with van der Waals surface area (Å²) in [6.07, 6.45) is 2.75. The number of nitrogens with zero attached hydrogens (tertiary/aromatic N) is 1. The number of methoxy groups -OCH3 is 2. The first kappa shape index (κ1) is 14.3. The van der Waals surface area contributed by atoms with Gasteiger partial charge in [0.15, 0.2) is 0 Å². The third kappa shape index (κ3) is 3.69. The lowest BCUT2D eigenvalue weighted by molar-refractivity contribution is 0.0285. The molecule has 2 N–H and O–H groups in total. The Bertz CT molecular complexity index is 409. The number of ether oxygens (including phenoxy) is 2. The van der Waals surface area contributed by atoms with Crippen molar-refractivity contribution in [1.82, 2.24) is 4.90 Å². The van der Waals surface area contributed by atoms with Gasteiger partial charge in [0.05, 0.1) is 13.2 Å². The topological polar surface area (TPSA) is 47.7 Å². The van der Waals surface area contributed by atoms with E-state index in [0.29, 0.717) is 12.6 Å². The van der Waals surface area contributed by atoms with E-state index in [-0.39, 0.29) is 0 Å². The van der Waals surface area contributed by atoms with Gasteiger partial charge in [0, 0.05) is 32.3 Å². The number of likely N-dealkylation sites (tertiary alicyclic amines) is 1. The van der Waals surface area contributed by atoms with Crippen LogP contribution in [-0.4, -0.2) is 38.3 Å². The summed E-state index contributed by atoms with van der Waals surface area (Å²) in [5, 5.41) is 0. The Morgan fingerprint density at radius 2 is 2.21 bits per heavy atom. The van der Waals surface area contributed by atoms with Gasteiger partial charge in [-0.2, -0.15) is 0 Å². The standard InChI is InChI=1S/C15H24N2O2/c1-18-14-4-3-7-17(11-14)10-12-5-6-15(19-2)13(8-12)9-16/h5-6,8,14H,3-4,7,9-11,16H2,1-2H3. The zero-order valence-electron chi connectivity index (χ0n) is 11.9. The van der Waals surface area contributed by atoms with Crippen LogP contribution in [0.4, 0.5) is 0 Å². The lowest BCUT2D eigenvalue weighted by Crippen LogP contribution is -2.38. The van der Waals surface area contributed by atoms with Gasteiger partial charge in [0.2, 0.25) is 0 Å². The van der Waals surface area contributed by atoms with Crippen molar-refractivity contribution in [2.45, 2.75) is 32.0 Å². The van der Waals surface area contributed by atoms with Gasteiger partial charge in [-0.1, -0.05) is 6.07 Å².